The smallest absolute Gasteiger partial charge is 0.100 e. The van der Waals surface area contributed by atoms with Crippen LogP contribution >= 0.6 is 0 Å². The van der Waals surface area contributed by atoms with Crippen LogP contribution in [0.25, 0.3) is 0 Å². The Labute approximate surface area is 84.0 Å². The summed E-state index contributed by atoms with van der Waals surface area (Å²) in [5, 5.41) is 17.5. The summed E-state index contributed by atoms with van der Waals surface area (Å²) in [6, 6.07) is 8.00. The van der Waals surface area contributed by atoms with Gasteiger partial charge in [0.2, 0.25) is 0 Å². The zero-order valence-electron chi connectivity index (χ0n) is 8.31. The van der Waals surface area contributed by atoms with Crippen LogP contribution in [0.2, 0.25) is 0 Å². The minimum atomic E-state index is -0.777. The standard InChI is InChI=1S/C11H16O3/c1-9-2-4-10(5-3-9)7-14-8-11(13)6-12/h2-5,11-13H,6-8H2,1H3/t11-/m1/s1. The van der Waals surface area contributed by atoms with Gasteiger partial charge in [0.05, 0.1) is 19.8 Å². The number of hydrogen-bond donors (Lipinski definition) is 2. The van der Waals surface area contributed by atoms with E-state index in [9.17, 15) is 0 Å². The molecule has 1 aromatic carbocycles. The molecular formula is C11H16O3. The quantitative estimate of drug-likeness (QED) is 0.734. The lowest BCUT2D eigenvalue weighted by atomic mass is 10.2. The van der Waals surface area contributed by atoms with Crippen molar-refractivity contribution in [2.45, 2.75) is 19.6 Å². The van der Waals surface area contributed by atoms with Crippen molar-refractivity contribution < 1.29 is 14.9 Å². The number of aliphatic hydroxyl groups is 2. The molecular weight excluding hydrogens is 180 g/mol. The average Bonchev–Trinajstić information content (AvgIpc) is 2.21. The van der Waals surface area contributed by atoms with E-state index in [1.165, 1.54) is 5.56 Å². The molecule has 0 heterocycles. The van der Waals surface area contributed by atoms with Gasteiger partial charge in [-0.2, -0.15) is 0 Å². The van der Waals surface area contributed by atoms with Gasteiger partial charge < -0.3 is 14.9 Å². The van der Waals surface area contributed by atoms with E-state index in [-0.39, 0.29) is 13.2 Å². The van der Waals surface area contributed by atoms with E-state index < -0.39 is 6.10 Å². The van der Waals surface area contributed by atoms with Gasteiger partial charge in [-0.05, 0) is 12.5 Å². The Bertz CT molecular complexity index is 256. The van der Waals surface area contributed by atoms with Crippen LogP contribution in [0.3, 0.4) is 0 Å². The predicted octanol–water partition coefficient (Wildman–Crippen LogP) is 0.865. The van der Waals surface area contributed by atoms with E-state index in [0.717, 1.165) is 5.56 Å². The van der Waals surface area contributed by atoms with E-state index in [4.69, 9.17) is 14.9 Å². The Hall–Kier alpha value is -0.900. The topological polar surface area (TPSA) is 49.7 Å². The molecule has 1 aromatic rings. The highest BCUT2D eigenvalue weighted by molar-refractivity contribution is 5.20. The van der Waals surface area contributed by atoms with Crippen LogP contribution < -0.4 is 0 Å². The summed E-state index contributed by atoms with van der Waals surface area (Å²) in [5.74, 6) is 0. The maximum Gasteiger partial charge on any atom is 0.100 e. The van der Waals surface area contributed by atoms with Crippen LogP contribution in [0.5, 0.6) is 0 Å². The molecule has 2 N–H and O–H groups in total. The largest absolute Gasteiger partial charge is 0.394 e. The van der Waals surface area contributed by atoms with E-state index in [2.05, 4.69) is 0 Å². The fourth-order valence-electron chi connectivity index (χ4n) is 1.05. The molecule has 1 atom stereocenters. The predicted molar refractivity (Wildman–Crippen MR) is 53.9 cm³/mol. The lowest BCUT2D eigenvalue weighted by Crippen LogP contribution is -2.19. The molecule has 0 aliphatic rings. The van der Waals surface area contributed by atoms with Crippen molar-refractivity contribution in [1.29, 1.82) is 0 Å². The lowest BCUT2D eigenvalue weighted by Gasteiger charge is -2.08. The molecule has 78 valence electrons. The molecule has 3 nitrogen and oxygen atoms in total. The van der Waals surface area contributed by atoms with Gasteiger partial charge in [0.15, 0.2) is 0 Å². The highest BCUT2D eigenvalue weighted by atomic mass is 16.5. The fourth-order valence-corrected chi connectivity index (χ4v) is 1.05. The van der Waals surface area contributed by atoms with Crippen molar-refractivity contribution >= 4 is 0 Å². The molecule has 0 aliphatic carbocycles. The molecule has 0 saturated carbocycles. The normalized spacial score (nSPS) is 12.8. The molecule has 1 rings (SSSR count). The van der Waals surface area contributed by atoms with Gasteiger partial charge >= 0.3 is 0 Å². The molecule has 14 heavy (non-hydrogen) atoms. The van der Waals surface area contributed by atoms with Crippen LogP contribution in [0.15, 0.2) is 24.3 Å². The van der Waals surface area contributed by atoms with E-state index in [1.54, 1.807) is 0 Å². The lowest BCUT2D eigenvalue weighted by molar-refractivity contribution is 0.0000231. The van der Waals surface area contributed by atoms with Gasteiger partial charge in [-0.1, -0.05) is 29.8 Å². The number of aryl methyl sites for hydroxylation is 1. The Morgan fingerprint density at radius 2 is 1.93 bits per heavy atom. The Morgan fingerprint density at radius 3 is 2.50 bits per heavy atom. The summed E-state index contributed by atoms with van der Waals surface area (Å²) in [6.07, 6.45) is -0.777. The number of hydrogen-bond acceptors (Lipinski definition) is 3. The maximum atomic E-state index is 9.01. The minimum absolute atomic E-state index is 0.171. The minimum Gasteiger partial charge on any atom is -0.394 e. The monoisotopic (exact) mass is 196 g/mol. The maximum absolute atomic E-state index is 9.01. The molecule has 0 amide bonds. The molecule has 0 saturated heterocycles. The van der Waals surface area contributed by atoms with Gasteiger partial charge in [-0.15, -0.1) is 0 Å². The highest BCUT2D eigenvalue weighted by Crippen LogP contribution is 2.04. The van der Waals surface area contributed by atoms with Crippen molar-refractivity contribution in [1.82, 2.24) is 0 Å². The van der Waals surface area contributed by atoms with Gasteiger partial charge in [0.1, 0.15) is 6.10 Å². The van der Waals surface area contributed by atoms with Crippen LogP contribution in [0, 0.1) is 6.92 Å². The number of rotatable bonds is 5. The SMILES string of the molecule is Cc1ccc(COC[C@H](O)CO)cc1. The molecule has 0 spiro atoms. The summed E-state index contributed by atoms with van der Waals surface area (Å²) < 4.78 is 5.20. The Kier molecular flexibility index (Phi) is 4.59. The molecule has 0 unspecified atom stereocenters. The summed E-state index contributed by atoms with van der Waals surface area (Å²) >= 11 is 0. The molecule has 0 aromatic heterocycles. The second kappa shape index (κ2) is 5.75. The van der Waals surface area contributed by atoms with Crippen molar-refractivity contribution in [3.05, 3.63) is 35.4 Å². The summed E-state index contributed by atoms with van der Waals surface area (Å²) in [5.41, 5.74) is 2.28. The summed E-state index contributed by atoms with van der Waals surface area (Å²) in [6.45, 7) is 2.41. The highest BCUT2D eigenvalue weighted by Gasteiger charge is 2.01. The first kappa shape index (κ1) is 11.2. The third-order valence-electron chi connectivity index (χ3n) is 1.91. The van der Waals surface area contributed by atoms with Crippen LogP contribution in [-0.4, -0.2) is 29.5 Å². The molecule has 0 bridgehead atoms. The van der Waals surface area contributed by atoms with E-state index in [0.29, 0.717) is 6.61 Å². The van der Waals surface area contributed by atoms with Crippen LogP contribution in [0.4, 0.5) is 0 Å². The molecule has 0 aliphatic heterocycles. The van der Waals surface area contributed by atoms with Crippen molar-refractivity contribution in [2.24, 2.45) is 0 Å². The molecule has 0 radical (unpaired) electrons. The molecule has 3 heteroatoms. The van der Waals surface area contributed by atoms with Crippen molar-refractivity contribution in [2.75, 3.05) is 13.2 Å². The van der Waals surface area contributed by atoms with E-state index >= 15 is 0 Å². The van der Waals surface area contributed by atoms with Crippen molar-refractivity contribution in [3.63, 3.8) is 0 Å². The summed E-state index contributed by atoms with van der Waals surface area (Å²) in [7, 11) is 0. The van der Waals surface area contributed by atoms with Gasteiger partial charge in [-0.3, -0.25) is 0 Å². The Balaban J connectivity index is 2.28. The average molecular weight is 196 g/mol. The third kappa shape index (κ3) is 3.87. The first-order valence-electron chi connectivity index (χ1n) is 4.64. The van der Waals surface area contributed by atoms with Crippen LogP contribution in [0.1, 0.15) is 11.1 Å². The number of aliphatic hydroxyl groups excluding tert-OH is 2. The molecule has 0 fully saturated rings. The van der Waals surface area contributed by atoms with Gasteiger partial charge in [0, 0.05) is 0 Å². The first-order chi connectivity index (χ1) is 6.72. The Morgan fingerprint density at radius 1 is 1.29 bits per heavy atom. The van der Waals surface area contributed by atoms with Crippen molar-refractivity contribution in [3.8, 4) is 0 Å². The number of benzene rings is 1. The zero-order chi connectivity index (χ0) is 10.4. The van der Waals surface area contributed by atoms with Gasteiger partial charge in [0.25, 0.3) is 0 Å². The number of ether oxygens (including phenoxy) is 1. The zero-order valence-corrected chi connectivity index (χ0v) is 8.31. The van der Waals surface area contributed by atoms with E-state index in [1.807, 2.05) is 31.2 Å². The third-order valence-corrected chi connectivity index (χ3v) is 1.91. The first-order valence-corrected chi connectivity index (χ1v) is 4.64. The fraction of sp³-hybridized carbons (Fsp3) is 0.455. The second-order valence-electron chi connectivity index (χ2n) is 3.34. The van der Waals surface area contributed by atoms with Crippen LogP contribution in [-0.2, 0) is 11.3 Å². The van der Waals surface area contributed by atoms with Gasteiger partial charge in [-0.25, -0.2) is 0 Å². The summed E-state index contributed by atoms with van der Waals surface area (Å²) in [4.78, 5) is 0. The second-order valence-corrected chi connectivity index (χ2v) is 3.34.